The van der Waals surface area contributed by atoms with Crippen LogP contribution in [0.2, 0.25) is 4.71 Å². The molecule has 1 aliphatic rings. The standard InChI is InChI=1S/C27H35AsN3O5/c1-16(2)36-27(34)24(18(4)32)28-12-19-6-7-23-22(11-19)29-25(31(23)13-20-8-9-35-15-20)21-10-17(3)26(33)30(5)14-21/h6-7,10-11,14,16,18,20,24,32H,8-9,12-13,15H2,1-5H3/t18-,20?,24+/m1/s1. The SMILES string of the molecule is Cc1cc(-c2nc3cc(C[As][C@H](C(=O)OC(C)C)[C@@H](C)O)ccc3n2CC2CCOC2)cn(C)c1=O. The van der Waals surface area contributed by atoms with Crippen LogP contribution in [0.5, 0.6) is 0 Å². The predicted molar refractivity (Wildman–Crippen MR) is 140 cm³/mol. The molecule has 1 N–H and O–H groups in total. The fraction of sp³-hybridized carbons (Fsp3) is 0.519. The number of esters is 1. The zero-order valence-corrected chi connectivity index (χ0v) is 23.5. The van der Waals surface area contributed by atoms with Crippen molar-refractivity contribution in [2.24, 2.45) is 13.0 Å². The van der Waals surface area contributed by atoms with Crippen molar-refractivity contribution in [3.8, 4) is 11.4 Å². The van der Waals surface area contributed by atoms with Gasteiger partial charge in [-0.3, -0.25) is 0 Å². The van der Waals surface area contributed by atoms with Crippen molar-refractivity contribution in [1.29, 1.82) is 0 Å². The molecule has 1 aromatic carbocycles. The summed E-state index contributed by atoms with van der Waals surface area (Å²) in [6, 6.07) is 8.17. The van der Waals surface area contributed by atoms with Crippen LogP contribution in [-0.4, -0.2) is 66.4 Å². The number of pyridine rings is 1. The Morgan fingerprint density at radius 1 is 1.31 bits per heavy atom. The van der Waals surface area contributed by atoms with Crippen molar-refractivity contribution in [1.82, 2.24) is 14.1 Å². The summed E-state index contributed by atoms with van der Waals surface area (Å²) in [5, 5.41) is 10.9. The van der Waals surface area contributed by atoms with E-state index in [1.54, 1.807) is 18.5 Å². The number of aromatic nitrogens is 3. The van der Waals surface area contributed by atoms with Crippen LogP contribution in [0, 0.1) is 12.8 Å². The summed E-state index contributed by atoms with van der Waals surface area (Å²) >= 11 is -0.501. The van der Waals surface area contributed by atoms with E-state index in [9.17, 15) is 14.7 Å². The van der Waals surface area contributed by atoms with Gasteiger partial charge in [0.2, 0.25) is 0 Å². The second kappa shape index (κ2) is 11.3. The van der Waals surface area contributed by atoms with Crippen molar-refractivity contribution >= 4 is 32.8 Å². The van der Waals surface area contributed by atoms with E-state index in [1.165, 1.54) is 0 Å². The molecule has 0 saturated carbocycles. The van der Waals surface area contributed by atoms with Gasteiger partial charge in [-0.15, -0.1) is 0 Å². The molecule has 36 heavy (non-hydrogen) atoms. The maximum atomic E-state index is 12.5. The number of nitrogens with zero attached hydrogens (tertiary/aromatic N) is 3. The van der Waals surface area contributed by atoms with Gasteiger partial charge in [-0.2, -0.15) is 0 Å². The molecule has 2 aromatic heterocycles. The molecule has 1 aliphatic heterocycles. The van der Waals surface area contributed by atoms with Crippen molar-refractivity contribution in [3.05, 3.63) is 51.9 Å². The minimum absolute atomic E-state index is 0.0140. The van der Waals surface area contributed by atoms with E-state index in [2.05, 4.69) is 22.8 Å². The Kier molecular flexibility index (Phi) is 8.38. The number of hydrogen-bond donors (Lipinski definition) is 1. The summed E-state index contributed by atoms with van der Waals surface area (Å²) in [5.74, 6) is 0.929. The summed E-state index contributed by atoms with van der Waals surface area (Å²) in [6.07, 6.45) is 1.91. The molecule has 1 unspecified atom stereocenters. The monoisotopic (exact) mass is 556 g/mol. The Hall–Kier alpha value is -2.41. The summed E-state index contributed by atoms with van der Waals surface area (Å²) in [6.45, 7) is 9.43. The predicted octanol–water partition coefficient (Wildman–Crippen LogP) is 3.07. The number of carbonyl (C=O) groups is 1. The van der Waals surface area contributed by atoms with Crippen molar-refractivity contribution in [3.63, 3.8) is 0 Å². The number of fused-ring (bicyclic) bond motifs is 1. The van der Waals surface area contributed by atoms with Crippen molar-refractivity contribution in [2.75, 3.05) is 13.2 Å². The fourth-order valence-corrected chi connectivity index (χ4v) is 6.94. The van der Waals surface area contributed by atoms with E-state index < -0.39 is 26.6 Å². The topological polar surface area (TPSA) is 95.6 Å². The molecule has 0 aliphatic carbocycles. The number of ether oxygens (including phenoxy) is 2. The molecule has 8 nitrogen and oxygen atoms in total. The van der Waals surface area contributed by atoms with Gasteiger partial charge >= 0.3 is 219 Å². The molecule has 193 valence electrons. The maximum absolute atomic E-state index is 12.5. The third-order valence-electron chi connectivity index (χ3n) is 6.42. The molecule has 3 heterocycles. The molecular formula is C27H35AsN3O5. The van der Waals surface area contributed by atoms with Crippen LogP contribution in [0.4, 0.5) is 0 Å². The van der Waals surface area contributed by atoms with Crippen LogP contribution in [-0.2, 0) is 33.1 Å². The molecule has 3 aromatic rings. The molecule has 1 radical (unpaired) electrons. The Bertz CT molecular complexity index is 1260. The first-order valence-electron chi connectivity index (χ1n) is 12.4. The number of aliphatic hydroxyl groups is 1. The van der Waals surface area contributed by atoms with E-state index in [4.69, 9.17) is 14.5 Å². The molecule has 3 atom stereocenters. The van der Waals surface area contributed by atoms with Crippen LogP contribution in [0.1, 0.15) is 38.3 Å². The van der Waals surface area contributed by atoms with Gasteiger partial charge in [0.15, 0.2) is 0 Å². The molecule has 1 fully saturated rings. The van der Waals surface area contributed by atoms with Gasteiger partial charge < -0.3 is 0 Å². The Morgan fingerprint density at radius 3 is 2.72 bits per heavy atom. The number of hydrogen-bond acceptors (Lipinski definition) is 6. The third kappa shape index (κ3) is 5.93. The molecule has 4 rings (SSSR count). The third-order valence-corrected chi connectivity index (χ3v) is 9.74. The molecule has 0 bridgehead atoms. The van der Waals surface area contributed by atoms with Gasteiger partial charge in [-0.1, -0.05) is 0 Å². The number of rotatable bonds is 9. The quantitative estimate of drug-likeness (QED) is 0.322. The second-order valence-electron chi connectivity index (χ2n) is 9.94. The molecule has 0 amide bonds. The molecule has 1 saturated heterocycles. The average molecular weight is 557 g/mol. The number of carbonyl (C=O) groups excluding carboxylic acids is 1. The van der Waals surface area contributed by atoms with Crippen LogP contribution < -0.4 is 5.56 Å². The number of aryl methyl sites for hydroxylation is 2. The Balaban J connectivity index is 1.67. The van der Waals surface area contributed by atoms with Gasteiger partial charge in [0.25, 0.3) is 0 Å². The van der Waals surface area contributed by atoms with E-state index in [0.29, 0.717) is 16.7 Å². The zero-order chi connectivity index (χ0) is 26.0. The first-order chi connectivity index (χ1) is 17.1. The van der Waals surface area contributed by atoms with Crippen LogP contribution >= 0.6 is 0 Å². The van der Waals surface area contributed by atoms with E-state index >= 15 is 0 Å². The summed E-state index contributed by atoms with van der Waals surface area (Å²) in [7, 11) is 1.76. The Labute approximate surface area is 218 Å². The van der Waals surface area contributed by atoms with Crippen molar-refractivity contribution < 1.29 is 19.4 Å². The summed E-state index contributed by atoms with van der Waals surface area (Å²) in [4.78, 5) is 29.8. The van der Waals surface area contributed by atoms with Crippen molar-refractivity contribution in [2.45, 2.75) is 62.8 Å². The van der Waals surface area contributed by atoms with Gasteiger partial charge in [0, 0.05) is 0 Å². The molecule has 0 spiro atoms. The molecule has 9 heteroatoms. The first kappa shape index (κ1) is 26.6. The van der Waals surface area contributed by atoms with Crippen LogP contribution in [0.25, 0.3) is 22.4 Å². The van der Waals surface area contributed by atoms with E-state index in [1.807, 2.05) is 33.0 Å². The normalized spacial score (nSPS) is 17.9. The van der Waals surface area contributed by atoms with E-state index in [-0.39, 0.29) is 17.6 Å². The fourth-order valence-electron chi connectivity index (χ4n) is 4.59. The van der Waals surface area contributed by atoms with Crippen LogP contribution in [0.3, 0.4) is 0 Å². The first-order valence-corrected chi connectivity index (χ1v) is 14.8. The van der Waals surface area contributed by atoms with Gasteiger partial charge in [-0.05, 0) is 0 Å². The zero-order valence-electron chi connectivity index (χ0n) is 21.6. The Morgan fingerprint density at radius 2 is 2.08 bits per heavy atom. The average Bonchev–Trinajstić information content (AvgIpc) is 3.45. The van der Waals surface area contributed by atoms with Gasteiger partial charge in [0.1, 0.15) is 0 Å². The summed E-state index contributed by atoms with van der Waals surface area (Å²) in [5.41, 5.74) is 4.58. The summed E-state index contributed by atoms with van der Waals surface area (Å²) < 4.78 is 14.3. The van der Waals surface area contributed by atoms with Crippen LogP contribution in [0.15, 0.2) is 35.3 Å². The number of imidazole rings is 1. The molecular weight excluding hydrogens is 521 g/mol. The van der Waals surface area contributed by atoms with E-state index in [0.717, 1.165) is 54.2 Å². The van der Waals surface area contributed by atoms with Gasteiger partial charge in [-0.25, -0.2) is 0 Å². The second-order valence-corrected chi connectivity index (χ2v) is 12.5. The number of aliphatic hydroxyl groups excluding tert-OH is 1. The minimum atomic E-state index is -0.743. The van der Waals surface area contributed by atoms with Gasteiger partial charge in [0.05, 0.1) is 0 Å². The number of benzene rings is 1.